The van der Waals surface area contributed by atoms with E-state index in [1.807, 2.05) is 18.3 Å². The van der Waals surface area contributed by atoms with E-state index in [1.54, 1.807) is 11.3 Å². The van der Waals surface area contributed by atoms with Crippen LogP contribution in [0.25, 0.3) is 0 Å². The van der Waals surface area contributed by atoms with E-state index in [4.69, 9.17) is 16.3 Å². The van der Waals surface area contributed by atoms with E-state index >= 15 is 0 Å². The summed E-state index contributed by atoms with van der Waals surface area (Å²) in [6.45, 7) is 4.75. The van der Waals surface area contributed by atoms with Crippen molar-refractivity contribution in [2.75, 3.05) is 26.2 Å². The van der Waals surface area contributed by atoms with Crippen LogP contribution in [0.5, 0.6) is 0 Å². The average molecular weight is 364 g/mol. The van der Waals surface area contributed by atoms with Gasteiger partial charge in [-0.15, -0.1) is 11.3 Å². The number of rotatable bonds is 4. The maximum absolute atomic E-state index is 6.44. The fourth-order valence-electron chi connectivity index (χ4n) is 3.50. The summed E-state index contributed by atoms with van der Waals surface area (Å²) < 4.78 is 5.76. The molecule has 2 fully saturated rings. The van der Waals surface area contributed by atoms with Gasteiger partial charge in [-0.05, 0) is 24.5 Å². The molecular formula is C18H22ClN3OS. The largest absolute Gasteiger partial charge is 0.371 e. The van der Waals surface area contributed by atoms with Crippen LogP contribution in [0.4, 0.5) is 0 Å². The van der Waals surface area contributed by atoms with Gasteiger partial charge in [0.15, 0.2) is 0 Å². The van der Waals surface area contributed by atoms with E-state index in [0.717, 1.165) is 55.7 Å². The molecule has 1 aromatic heterocycles. The van der Waals surface area contributed by atoms with Crippen molar-refractivity contribution >= 4 is 22.9 Å². The van der Waals surface area contributed by atoms with Gasteiger partial charge in [-0.2, -0.15) is 0 Å². The Morgan fingerprint density at radius 1 is 1.38 bits per heavy atom. The van der Waals surface area contributed by atoms with Gasteiger partial charge in [-0.3, -0.25) is 4.90 Å². The minimum absolute atomic E-state index is 0.214. The molecule has 1 aromatic carbocycles. The normalized spacial score (nSPS) is 25.2. The van der Waals surface area contributed by atoms with Crippen molar-refractivity contribution in [3.05, 3.63) is 50.9 Å². The smallest absolute Gasteiger partial charge is 0.122 e. The second-order valence-electron chi connectivity index (χ2n) is 6.38. The van der Waals surface area contributed by atoms with Crippen molar-refractivity contribution in [1.29, 1.82) is 0 Å². The molecule has 0 amide bonds. The molecule has 2 aliphatic heterocycles. The molecule has 3 heterocycles. The minimum Gasteiger partial charge on any atom is -0.371 e. The second-order valence-corrected chi connectivity index (χ2v) is 7.93. The predicted octanol–water partition coefficient (Wildman–Crippen LogP) is 3.79. The van der Waals surface area contributed by atoms with Crippen LogP contribution in [-0.2, 0) is 11.3 Å². The highest BCUT2D eigenvalue weighted by molar-refractivity contribution is 7.11. The Bertz CT molecular complexity index is 686. The van der Waals surface area contributed by atoms with Crippen molar-refractivity contribution in [2.45, 2.75) is 31.5 Å². The summed E-state index contributed by atoms with van der Waals surface area (Å²) in [6, 6.07) is 8.48. The first-order valence-corrected chi connectivity index (χ1v) is 9.76. The lowest BCUT2D eigenvalue weighted by atomic mass is 10.0. The van der Waals surface area contributed by atoms with Gasteiger partial charge in [0.1, 0.15) is 11.1 Å². The van der Waals surface area contributed by atoms with Crippen LogP contribution in [-0.4, -0.2) is 36.1 Å². The standard InChI is InChI=1S/C18H22ClN3OS/c19-15-5-2-1-4-14(15)16-11-20-7-8-22(16)12-13-10-21-18(24-13)17-6-3-9-23-17/h1-2,4-5,10,16-17,20H,3,6-9,11-12H2. The number of nitrogens with one attached hydrogen (secondary N) is 1. The minimum atomic E-state index is 0.214. The third-order valence-electron chi connectivity index (χ3n) is 4.75. The van der Waals surface area contributed by atoms with Crippen molar-refractivity contribution in [2.24, 2.45) is 0 Å². The Labute approximate surface area is 151 Å². The fraction of sp³-hybridized carbons (Fsp3) is 0.500. The van der Waals surface area contributed by atoms with Gasteiger partial charge in [0.05, 0.1) is 0 Å². The number of hydrogen-bond donors (Lipinski definition) is 1. The zero-order valence-electron chi connectivity index (χ0n) is 13.6. The number of aromatic nitrogens is 1. The second kappa shape index (κ2) is 7.50. The highest BCUT2D eigenvalue weighted by Crippen LogP contribution is 2.34. The molecule has 4 nitrogen and oxygen atoms in total. The van der Waals surface area contributed by atoms with Crippen LogP contribution in [0.1, 0.15) is 40.4 Å². The first-order valence-electron chi connectivity index (χ1n) is 8.56. The summed E-state index contributed by atoms with van der Waals surface area (Å²) in [5, 5.41) is 5.47. The maximum atomic E-state index is 6.44. The zero-order chi connectivity index (χ0) is 16.4. The predicted molar refractivity (Wildman–Crippen MR) is 97.5 cm³/mol. The molecule has 0 aliphatic carbocycles. The summed E-state index contributed by atoms with van der Waals surface area (Å²) in [6.07, 6.45) is 4.48. The van der Waals surface area contributed by atoms with Gasteiger partial charge in [-0.1, -0.05) is 29.8 Å². The zero-order valence-corrected chi connectivity index (χ0v) is 15.2. The van der Waals surface area contributed by atoms with Crippen LogP contribution in [0.3, 0.4) is 0 Å². The van der Waals surface area contributed by atoms with Gasteiger partial charge in [-0.25, -0.2) is 4.98 Å². The number of piperazine rings is 1. The number of ether oxygens (including phenoxy) is 1. The fourth-order valence-corrected chi connectivity index (χ4v) is 4.79. The molecule has 0 bridgehead atoms. The van der Waals surface area contributed by atoms with Gasteiger partial charge in [0.2, 0.25) is 0 Å². The topological polar surface area (TPSA) is 37.4 Å². The molecule has 0 saturated carbocycles. The van der Waals surface area contributed by atoms with E-state index in [1.165, 1.54) is 10.4 Å². The summed E-state index contributed by atoms with van der Waals surface area (Å²) >= 11 is 8.23. The molecular weight excluding hydrogens is 342 g/mol. The lowest BCUT2D eigenvalue weighted by Crippen LogP contribution is -2.45. The molecule has 2 aromatic rings. The maximum Gasteiger partial charge on any atom is 0.122 e. The average Bonchev–Trinajstić information content (AvgIpc) is 3.27. The molecule has 2 saturated heterocycles. The molecule has 128 valence electrons. The highest BCUT2D eigenvalue weighted by Gasteiger charge is 2.27. The first kappa shape index (κ1) is 16.5. The lowest BCUT2D eigenvalue weighted by molar-refractivity contribution is 0.111. The molecule has 0 radical (unpaired) electrons. The first-order chi connectivity index (χ1) is 11.8. The molecule has 2 unspecified atom stereocenters. The van der Waals surface area contributed by atoms with E-state index in [-0.39, 0.29) is 6.10 Å². The molecule has 0 spiro atoms. The van der Waals surface area contributed by atoms with Crippen molar-refractivity contribution in [3.8, 4) is 0 Å². The van der Waals surface area contributed by atoms with Crippen LogP contribution in [0.15, 0.2) is 30.5 Å². The Morgan fingerprint density at radius 3 is 3.12 bits per heavy atom. The number of benzene rings is 1. The van der Waals surface area contributed by atoms with Crippen molar-refractivity contribution in [1.82, 2.24) is 15.2 Å². The molecule has 2 atom stereocenters. The molecule has 6 heteroatoms. The Kier molecular flexibility index (Phi) is 5.15. The monoisotopic (exact) mass is 363 g/mol. The third kappa shape index (κ3) is 3.51. The van der Waals surface area contributed by atoms with E-state index in [0.29, 0.717) is 6.04 Å². The Balaban J connectivity index is 1.50. The SMILES string of the molecule is Clc1ccccc1C1CNCCN1Cc1cnc(C2CCCO2)s1. The van der Waals surface area contributed by atoms with E-state index < -0.39 is 0 Å². The number of nitrogens with zero attached hydrogens (tertiary/aromatic N) is 2. The van der Waals surface area contributed by atoms with Crippen LogP contribution < -0.4 is 5.32 Å². The van der Waals surface area contributed by atoms with Crippen LogP contribution in [0, 0.1) is 0 Å². The number of hydrogen-bond acceptors (Lipinski definition) is 5. The van der Waals surface area contributed by atoms with Crippen LogP contribution >= 0.6 is 22.9 Å². The molecule has 4 rings (SSSR count). The number of halogens is 1. The van der Waals surface area contributed by atoms with E-state index in [2.05, 4.69) is 27.3 Å². The summed E-state index contributed by atoms with van der Waals surface area (Å²) in [5.74, 6) is 0. The van der Waals surface area contributed by atoms with Gasteiger partial charge >= 0.3 is 0 Å². The Morgan fingerprint density at radius 2 is 2.29 bits per heavy atom. The lowest BCUT2D eigenvalue weighted by Gasteiger charge is -2.36. The van der Waals surface area contributed by atoms with Crippen molar-refractivity contribution in [3.63, 3.8) is 0 Å². The molecule has 24 heavy (non-hydrogen) atoms. The third-order valence-corrected chi connectivity index (χ3v) is 6.17. The Hall–Kier alpha value is -0.980. The number of thiazole rings is 1. The van der Waals surface area contributed by atoms with Crippen molar-refractivity contribution < 1.29 is 4.74 Å². The molecule has 1 N–H and O–H groups in total. The van der Waals surface area contributed by atoms with Gasteiger partial charge in [0.25, 0.3) is 0 Å². The summed E-state index contributed by atoms with van der Waals surface area (Å²) in [4.78, 5) is 8.41. The van der Waals surface area contributed by atoms with Gasteiger partial charge < -0.3 is 10.1 Å². The summed E-state index contributed by atoms with van der Waals surface area (Å²) in [5.41, 5.74) is 1.20. The molecule has 2 aliphatic rings. The summed E-state index contributed by atoms with van der Waals surface area (Å²) in [7, 11) is 0. The highest BCUT2D eigenvalue weighted by atomic mass is 35.5. The van der Waals surface area contributed by atoms with Crippen LogP contribution in [0.2, 0.25) is 5.02 Å². The quantitative estimate of drug-likeness (QED) is 0.896. The van der Waals surface area contributed by atoms with E-state index in [9.17, 15) is 0 Å². The van der Waals surface area contributed by atoms with Gasteiger partial charge in [0, 0.05) is 54.9 Å².